The molecule has 1 amide bonds. The smallest absolute Gasteiger partial charge is 0.248 e. The quantitative estimate of drug-likeness (QED) is 0.493. The SMILES string of the molecule is Cc1cc(C)c(/C=C/c2onc(C)c2S(=O)(=O)N2CCC[C@H](C(=O)NCc3ccc(C)o3)C2)c(C)c1. The van der Waals surface area contributed by atoms with Crippen molar-refractivity contribution in [3.63, 3.8) is 0 Å². The molecule has 1 saturated heterocycles. The van der Waals surface area contributed by atoms with E-state index in [2.05, 4.69) is 22.6 Å². The van der Waals surface area contributed by atoms with E-state index in [1.165, 1.54) is 9.87 Å². The number of carbonyl (C=O) groups excluding carboxylic acids is 1. The fourth-order valence-corrected chi connectivity index (χ4v) is 6.59. The summed E-state index contributed by atoms with van der Waals surface area (Å²) in [5.74, 6) is 0.997. The van der Waals surface area contributed by atoms with Gasteiger partial charge >= 0.3 is 0 Å². The van der Waals surface area contributed by atoms with Crippen molar-refractivity contribution in [3.8, 4) is 0 Å². The number of furan rings is 1. The van der Waals surface area contributed by atoms with E-state index in [1.54, 1.807) is 13.0 Å². The number of carbonyl (C=O) groups is 1. The van der Waals surface area contributed by atoms with Crippen LogP contribution in [0.5, 0.6) is 0 Å². The maximum atomic E-state index is 13.7. The number of amides is 1. The van der Waals surface area contributed by atoms with Gasteiger partial charge in [0.05, 0.1) is 12.5 Å². The Morgan fingerprint density at radius 3 is 2.53 bits per heavy atom. The van der Waals surface area contributed by atoms with Gasteiger partial charge in [0.2, 0.25) is 15.9 Å². The number of nitrogens with zero attached hydrogens (tertiary/aromatic N) is 2. The molecule has 1 N–H and O–H groups in total. The first-order chi connectivity index (χ1) is 17.1. The number of nitrogens with one attached hydrogen (secondary N) is 1. The average Bonchev–Trinajstić information content (AvgIpc) is 3.42. The summed E-state index contributed by atoms with van der Waals surface area (Å²) < 4.78 is 39.7. The molecule has 2 aromatic heterocycles. The maximum absolute atomic E-state index is 13.7. The Bertz CT molecular complexity index is 1380. The molecule has 0 aliphatic carbocycles. The van der Waals surface area contributed by atoms with E-state index in [0.29, 0.717) is 30.8 Å². The number of piperidine rings is 1. The van der Waals surface area contributed by atoms with Crippen LogP contribution in [-0.2, 0) is 21.4 Å². The van der Waals surface area contributed by atoms with Crippen LogP contribution in [0.4, 0.5) is 0 Å². The molecular formula is C27H33N3O5S. The van der Waals surface area contributed by atoms with Crippen molar-refractivity contribution >= 4 is 28.1 Å². The highest BCUT2D eigenvalue weighted by molar-refractivity contribution is 7.89. The lowest BCUT2D eigenvalue weighted by atomic mass is 9.99. The van der Waals surface area contributed by atoms with Crippen molar-refractivity contribution in [2.45, 2.75) is 58.9 Å². The largest absolute Gasteiger partial charge is 0.465 e. The van der Waals surface area contributed by atoms with Crippen LogP contribution in [0.15, 0.2) is 38.1 Å². The van der Waals surface area contributed by atoms with Crippen LogP contribution in [0.3, 0.4) is 0 Å². The fourth-order valence-electron chi connectivity index (χ4n) is 4.81. The number of aromatic nitrogens is 1. The maximum Gasteiger partial charge on any atom is 0.248 e. The summed E-state index contributed by atoms with van der Waals surface area (Å²) in [6.45, 7) is 10.3. The van der Waals surface area contributed by atoms with E-state index in [4.69, 9.17) is 8.94 Å². The van der Waals surface area contributed by atoms with Crippen LogP contribution in [-0.4, -0.2) is 36.9 Å². The van der Waals surface area contributed by atoms with Gasteiger partial charge in [-0.3, -0.25) is 4.79 Å². The van der Waals surface area contributed by atoms with E-state index >= 15 is 0 Å². The van der Waals surface area contributed by atoms with Crippen molar-refractivity contribution < 1.29 is 22.2 Å². The summed E-state index contributed by atoms with van der Waals surface area (Å²) in [6.07, 6.45) is 4.74. The minimum absolute atomic E-state index is 0.0493. The standard InChI is InChI=1S/C27H33N3O5S/c1-17-13-18(2)24(19(3)14-17)10-11-25-26(21(5)29-35-25)36(32,33)30-12-6-7-22(16-30)27(31)28-15-23-9-8-20(4)34-23/h8-11,13-14,22H,6-7,12,15-16H2,1-5H3,(H,28,31)/b11-10+/t22-/m0/s1. The summed E-state index contributed by atoms with van der Waals surface area (Å²) >= 11 is 0. The van der Waals surface area contributed by atoms with Gasteiger partial charge in [-0.2, -0.15) is 4.31 Å². The van der Waals surface area contributed by atoms with Crippen LogP contribution in [0.1, 0.15) is 58.1 Å². The summed E-state index contributed by atoms with van der Waals surface area (Å²) in [7, 11) is -3.91. The molecule has 0 spiro atoms. The Hall–Kier alpha value is -3.17. The third kappa shape index (κ3) is 5.47. The predicted octanol–water partition coefficient (Wildman–Crippen LogP) is 4.70. The van der Waals surface area contributed by atoms with Gasteiger partial charge in [-0.15, -0.1) is 0 Å². The van der Waals surface area contributed by atoms with Crippen molar-refractivity contribution in [1.29, 1.82) is 0 Å². The van der Waals surface area contributed by atoms with Crippen LogP contribution in [0, 0.1) is 40.5 Å². The predicted molar refractivity (Wildman–Crippen MR) is 138 cm³/mol. The summed E-state index contributed by atoms with van der Waals surface area (Å²) in [6, 6.07) is 7.83. The molecule has 3 aromatic rings. The second-order valence-electron chi connectivity index (χ2n) is 9.54. The van der Waals surface area contributed by atoms with Gasteiger partial charge in [0.25, 0.3) is 0 Å². The second-order valence-corrected chi connectivity index (χ2v) is 11.4. The van der Waals surface area contributed by atoms with Crippen LogP contribution in [0.25, 0.3) is 12.2 Å². The van der Waals surface area contributed by atoms with Gasteiger partial charge in [-0.05, 0) is 82.4 Å². The van der Waals surface area contributed by atoms with Crippen LogP contribution in [0.2, 0.25) is 0 Å². The Balaban J connectivity index is 1.52. The van der Waals surface area contributed by atoms with E-state index in [1.807, 2.05) is 45.9 Å². The number of hydrogen-bond acceptors (Lipinski definition) is 6. The molecule has 192 valence electrons. The third-order valence-electron chi connectivity index (χ3n) is 6.56. The van der Waals surface area contributed by atoms with E-state index in [-0.39, 0.29) is 29.7 Å². The first-order valence-electron chi connectivity index (χ1n) is 12.1. The second kappa shape index (κ2) is 10.4. The van der Waals surface area contributed by atoms with Gasteiger partial charge < -0.3 is 14.3 Å². The van der Waals surface area contributed by atoms with Crippen molar-refractivity contribution in [2.24, 2.45) is 5.92 Å². The molecular weight excluding hydrogens is 478 g/mol. The third-order valence-corrected chi connectivity index (χ3v) is 8.58. The molecule has 4 rings (SSSR count). The van der Waals surface area contributed by atoms with Gasteiger partial charge in [-0.1, -0.05) is 28.9 Å². The highest BCUT2D eigenvalue weighted by Gasteiger charge is 2.37. The molecule has 9 heteroatoms. The van der Waals surface area contributed by atoms with E-state index < -0.39 is 15.9 Å². The lowest BCUT2D eigenvalue weighted by molar-refractivity contribution is -0.126. The van der Waals surface area contributed by atoms with Gasteiger partial charge in [0.1, 0.15) is 17.2 Å². The normalized spacial score (nSPS) is 17.1. The summed E-state index contributed by atoms with van der Waals surface area (Å²) in [4.78, 5) is 12.9. The molecule has 1 aromatic carbocycles. The van der Waals surface area contributed by atoms with Crippen molar-refractivity contribution in [1.82, 2.24) is 14.8 Å². The molecule has 0 saturated carbocycles. The molecule has 1 fully saturated rings. The summed E-state index contributed by atoms with van der Waals surface area (Å²) in [5, 5.41) is 6.81. The Labute approximate surface area is 212 Å². The zero-order valence-corrected chi connectivity index (χ0v) is 22.2. The molecule has 1 aliphatic rings. The number of rotatable bonds is 7. The minimum atomic E-state index is -3.91. The number of aryl methyl sites for hydroxylation is 5. The number of sulfonamides is 1. The highest BCUT2D eigenvalue weighted by Crippen LogP contribution is 2.30. The van der Waals surface area contributed by atoms with E-state index in [9.17, 15) is 13.2 Å². The Morgan fingerprint density at radius 2 is 1.86 bits per heavy atom. The fraction of sp³-hybridized carbons (Fsp3) is 0.407. The number of hydrogen-bond donors (Lipinski definition) is 1. The molecule has 3 heterocycles. The van der Waals surface area contributed by atoms with Gasteiger partial charge in [0.15, 0.2) is 10.7 Å². The zero-order valence-electron chi connectivity index (χ0n) is 21.4. The van der Waals surface area contributed by atoms with Gasteiger partial charge in [0, 0.05) is 13.1 Å². The highest BCUT2D eigenvalue weighted by atomic mass is 32.2. The molecule has 36 heavy (non-hydrogen) atoms. The van der Waals surface area contributed by atoms with Crippen molar-refractivity contribution in [2.75, 3.05) is 13.1 Å². The Morgan fingerprint density at radius 1 is 1.14 bits per heavy atom. The lowest BCUT2D eigenvalue weighted by Gasteiger charge is -2.31. The zero-order chi connectivity index (χ0) is 26.0. The van der Waals surface area contributed by atoms with Crippen LogP contribution < -0.4 is 5.32 Å². The van der Waals surface area contributed by atoms with E-state index in [0.717, 1.165) is 22.5 Å². The molecule has 1 aliphatic heterocycles. The van der Waals surface area contributed by atoms with Gasteiger partial charge in [-0.25, -0.2) is 8.42 Å². The van der Waals surface area contributed by atoms with Crippen molar-refractivity contribution in [3.05, 3.63) is 69.5 Å². The molecule has 0 radical (unpaired) electrons. The first-order valence-corrected chi connectivity index (χ1v) is 13.6. The topological polar surface area (TPSA) is 106 Å². The molecule has 0 bridgehead atoms. The molecule has 8 nitrogen and oxygen atoms in total. The lowest BCUT2D eigenvalue weighted by Crippen LogP contribution is -2.45. The monoisotopic (exact) mass is 511 g/mol. The first kappa shape index (κ1) is 25.9. The minimum Gasteiger partial charge on any atom is -0.465 e. The average molecular weight is 512 g/mol. The Kier molecular flexibility index (Phi) is 7.51. The molecule has 0 unspecified atom stereocenters. The number of benzene rings is 1. The van der Waals surface area contributed by atoms with Crippen LogP contribution >= 0.6 is 0 Å². The summed E-state index contributed by atoms with van der Waals surface area (Å²) in [5.41, 5.74) is 4.67. The molecule has 1 atom stereocenters.